The Hall–Kier alpha value is -3.30. The van der Waals surface area contributed by atoms with E-state index in [0.717, 1.165) is 50.0 Å². The van der Waals surface area contributed by atoms with E-state index in [2.05, 4.69) is 14.9 Å². The normalized spacial score (nSPS) is 17.5. The van der Waals surface area contributed by atoms with Crippen LogP contribution in [0.2, 0.25) is 0 Å². The number of halogens is 3. The first-order valence-corrected chi connectivity index (χ1v) is 12.5. The molecule has 194 valence electrons. The van der Waals surface area contributed by atoms with Crippen molar-refractivity contribution in [1.82, 2.24) is 19.8 Å². The van der Waals surface area contributed by atoms with Crippen molar-refractivity contribution in [2.24, 2.45) is 0 Å². The summed E-state index contributed by atoms with van der Waals surface area (Å²) < 4.78 is 46.8. The lowest BCUT2D eigenvalue weighted by molar-refractivity contribution is -0.130. The van der Waals surface area contributed by atoms with Crippen molar-refractivity contribution in [3.05, 3.63) is 94.8 Å². The molecule has 6 nitrogen and oxygen atoms in total. The molecule has 0 saturated carbocycles. The maximum atomic E-state index is 13.7. The van der Waals surface area contributed by atoms with Gasteiger partial charge in [-0.2, -0.15) is 8.78 Å². The van der Waals surface area contributed by atoms with E-state index in [1.54, 1.807) is 30.3 Å². The first kappa shape index (κ1) is 25.4. The van der Waals surface area contributed by atoms with E-state index in [4.69, 9.17) is 4.74 Å². The molecule has 1 spiro atoms. The molecule has 2 aromatic heterocycles. The molecular formula is C28H29F3N4O2. The van der Waals surface area contributed by atoms with Gasteiger partial charge in [0.05, 0.1) is 18.1 Å². The molecule has 1 unspecified atom stereocenters. The van der Waals surface area contributed by atoms with E-state index in [-0.39, 0.29) is 5.91 Å². The van der Waals surface area contributed by atoms with Crippen LogP contribution in [0.3, 0.4) is 0 Å². The zero-order valence-corrected chi connectivity index (χ0v) is 20.7. The second-order valence-electron chi connectivity index (χ2n) is 9.80. The summed E-state index contributed by atoms with van der Waals surface area (Å²) in [6.07, 6.45) is 5.25. The molecule has 2 aliphatic heterocycles. The SMILES string of the molecule is CN(CCCN1CCC2(CC1)OCc1cnc(F)cc12)C(=O)C(c1ccc(F)cc1)c1ccc(F)nc1. The van der Waals surface area contributed by atoms with Gasteiger partial charge < -0.3 is 14.5 Å². The minimum absolute atomic E-state index is 0.163. The van der Waals surface area contributed by atoms with Gasteiger partial charge in [-0.3, -0.25) is 4.79 Å². The number of ether oxygens (including phenoxy) is 1. The molecule has 1 amide bonds. The van der Waals surface area contributed by atoms with Crippen LogP contribution in [-0.4, -0.2) is 58.9 Å². The standard InChI is InChI=1S/C28H29F3N4O2/c1-34(27(36)26(19-3-6-22(29)7-4-19)20-5-8-24(30)32-16-20)11-2-12-35-13-9-28(10-14-35)23-15-25(31)33-17-21(23)18-37-28/h3-8,15-17,26H,2,9-14,18H2,1H3. The number of benzene rings is 1. The van der Waals surface area contributed by atoms with Crippen molar-refractivity contribution in [2.45, 2.75) is 37.4 Å². The third kappa shape index (κ3) is 5.38. The average molecular weight is 511 g/mol. The second kappa shape index (κ2) is 10.6. The predicted molar refractivity (Wildman–Crippen MR) is 131 cm³/mol. The highest BCUT2D eigenvalue weighted by Gasteiger charge is 2.43. The molecule has 0 N–H and O–H groups in total. The lowest BCUT2D eigenvalue weighted by atomic mass is 9.84. The van der Waals surface area contributed by atoms with E-state index in [1.165, 1.54) is 36.5 Å². The Morgan fingerprint density at radius 2 is 1.73 bits per heavy atom. The summed E-state index contributed by atoms with van der Waals surface area (Å²) in [5.41, 5.74) is 2.62. The number of hydrogen-bond acceptors (Lipinski definition) is 5. The summed E-state index contributed by atoms with van der Waals surface area (Å²) in [6.45, 7) is 3.45. The number of hydrogen-bond donors (Lipinski definition) is 0. The minimum Gasteiger partial charge on any atom is -0.365 e. The molecular weight excluding hydrogens is 481 g/mol. The molecule has 0 radical (unpaired) electrons. The zero-order valence-electron chi connectivity index (χ0n) is 20.7. The summed E-state index contributed by atoms with van der Waals surface area (Å²) in [5.74, 6) is -2.36. The number of nitrogens with zero attached hydrogens (tertiary/aromatic N) is 4. The average Bonchev–Trinajstić information content (AvgIpc) is 3.24. The molecule has 1 saturated heterocycles. The lowest BCUT2D eigenvalue weighted by Crippen LogP contribution is -2.43. The number of amides is 1. The minimum atomic E-state index is -0.706. The first-order valence-electron chi connectivity index (χ1n) is 12.5. The van der Waals surface area contributed by atoms with Gasteiger partial charge >= 0.3 is 0 Å². The van der Waals surface area contributed by atoms with Crippen LogP contribution in [0.4, 0.5) is 13.2 Å². The molecule has 2 aliphatic rings. The van der Waals surface area contributed by atoms with Crippen molar-refractivity contribution in [2.75, 3.05) is 33.2 Å². The molecule has 4 heterocycles. The third-order valence-electron chi connectivity index (χ3n) is 7.49. The number of fused-ring (bicyclic) bond motifs is 2. The maximum absolute atomic E-state index is 13.7. The number of carbonyl (C=O) groups excluding carboxylic acids is 1. The van der Waals surface area contributed by atoms with Crippen molar-refractivity contribution in [3.8, 4) is 0 Å². The van der Waals surface area contributed by atoms with Gasteiger partial charge in [-0.25, -0.2) is 14.4 Å². The van der Waals surface area contributed by atoms with Crippen LogP contribution in [0, 0.1) is 17.7 Å². The number of rotatable bonds is 7. The van der Waals surface area contributed by atoms with Gasteiger partial charge in [-0.1, -0.05) is 18.2 Å². The highest BCUT2D eigenvalue weighted by Crippen LogP contribution is 2.44. The van der Waals surface area contributed by atoms with E-state index in [1.807, 2.05) is 0 Å². The van der Waals surface area contributed by atoms with Gasteiger partial charge in [0.25, 0.3) is 0 Å². The largest absolute Gasteiger partial charge is 0.365 e. The van der Waals surface area contributed by atoms with Crippen LogP contribution < -0.4 is 0 Å². The molecule has 1 atom stereocenters. The number of carbonyl (C=O) groups is 1. The Kier molecular flexibility index (Phi) is 7.26. The van der Waals surface area contributed by atoms with Crippen LogP contribution in [-0.2, 0) is 21.7 Å². The monoisotopic (exact) mass is 510 g/mol. The number of aromatic nitrogens is 2. The van der Waals surface area contributed by atoms with E-state index in [0.29, 0.717) is 24.3 Å². The molecule has 9 heteroatoms. The fourth-order valence-electron chi connectivity index (χ4n) is 5.40. The Morgan fingerprint density at radius 1 is 1.03 bits per heavy atom. The fraction of sp³-hybridized carbons (Fsp3) is 0.393. The Balaban J connectivity index is 1.18. The molecule has 0 bridgehead atoms. The van der Waals surface area contributed by atoms with Gasteiger partial charge in [0.1, 0.15) is 5.82 Å². The van der Waals surface area contributed by atoms with Crippen molar-refractivity contribution >= 4 is 5.91 Å². The summed E-state index contributed by atoms with van der Waals surface area (Å²) in [7, 11) is 1.74. The maximum Gasteiger partial charge on any atom is 0.234 e. The zero-order chi connectivity index (χ0) is 26.0. The fourth-order valence-corrected chi connectivity index (χ4v) is 5.40. The summed E-state index contributed by atoms with van der Waals surface area (Å²) in [5, 5.41) is 0. The number of likely N-dealkylation sites (tertiary alicyclic amines) is 1. The number of pyridine rings is 2. The first-order chi connectivity index (χ1) is 17.8. The molecule has 3 aromatic rings. The Bertz CT molecular complexity index is 1200. The van der Waals surface area contributed by atoms with Crippen molar-refractivity contribution in [1.29, 1.82) is 0 Å². The topological polar surface area (TPSA) is 58.6 Å². The van der Waals surface area contributed by atoms with E-state index in [9.17, 15) is 18.0 Å². The van der Waals surface area contributed by atoms with E-state index < -0.39 is 29.2 Å². The van der Waals surface area contributed by atoms with Crippen LogP contribution in [0.5, 0.6) is 0 Å². The number of likely N-dealkylation sites (N-methyl/N-ethyl adjacent to an activating group) is 1. The Labute approximate surface area is 214 Å². The lowest BCUT2D eigenvalue weighted by Gasteiger charge is -2.39. The van der Waals surface area contributed by atoms with Crippen molar-refractivity contribution in [3.63, 3.8) is 0 Å². The van der Waals surface area contributed by atoms with Crippen LogP contribution in [0.15, 0.2) is 54.9 Å². The Morgan fingerprint density at radius 3 is 2.43 bits per heavy atom. The molecule has 1 aromatic carbocycles. The summed E-state index contributed by atoms with van der Waals surface area (Å²) in [4.78, 5) is 24.9. The summed E-state index contributed by atoms with van der Waals surface area (Å²) in [6, 6.07) is 10.0. The quantitative estimate of drug-likeness (QED) is 0.441. The van der Waals surface area contributed by atoms with Crippen LogP contribution in [0.25, 0.3) is 0 Å². The molecule has 0 aliphatic carbocycles. The third-order valence-corrected chi connectivity index (χ3v) is 7.49. The van der Waals surface area contributed by atoms with Gasteiger partial charge in [-0.15, -0.1) is 0 Å². The van der Waals surface area contributed by atoms with E-state index >= 15 is 0 Å². The highest BCUT2D eigenvalue weighted by molar-refractivity contribution is 5.87. The molecule has 1 fully saturated rings. The summed E-state index contributed by atoms with van der Waals surface area (Å²) >= 11 is 0. The molecule has 5 rings (SSSR count). The molecule has 37 heavy (non-hydrogen) atoms. The van der Waals surface area contributed by atoms with Gasteiger partial charge in [-0.05, 0) is 66.8 Å². The van der Waals surface area contributed by atoms with Gasteiger partial charge in [0, 0.05) is 44.6 Å². The van der Waals surface area contributed by atoms with Crippen molar-refractivity contribution < 1.29 is 22.7 Å². The smallest absolute Gasteiger partial charge is 0.234 e. The van der Waals surface area contributed by atoms with Gasteiger partial charge in [0.15, 0.2) is 0 Å². The predicted octanol–water partition coefficient (Wildman–Crippen LogP) is 4.40. The second-order valence-corrected chi connectivity index (χ2v) is 9.80. The van der Waals surface area contributed by atoms with Crippen LogP contribution >= 0.6 is 0 Å². The number of piperidine rings is 1. The van der Waals surface area contributed by atoms with Crippen LogP contribution in [0.1, 0.15) is 47.4 Å². The highest BCUT2D eigenvalue weighted by atomic mass is 19.1. The van der Waals surface area contributed by atoms with Gasteiger partial charge in [0.2, 0.25) is 17.8 Å².